The molecule has 6 heteroatoms. The first-order valence-electron chi connectivity index (χ1n) is 22.3. The quantitative estimate of drug-likeness (QED) is 0.152. The summed E-state index contributed by atoms with van der Waals surface area (Å²) < 4.78 is 0. The fraction of sp³-hybridized carbons (Fsp3) is 0.0847. The Kier molecular flexibility index (Phi) is 10.7. The first kappa shape index (κ1) is 39.6. The number of fused-ring (bicyclic) bond motifs is 1. The Morgan fingerprint density at radius 2 is 1.02 bits per heavy atom. The first-order chi connectivity index (χ1) is 32.1. The third kappa shape index (κ3) is 8.03. The summed E-state index contributed by atoms with van der Waals surface area (Å²) in [6.45, 7) is 2.24. The van der Waals surface area contributed by atoms with Gasteiger partial charge in [-0.1, -0.05) is 219 Å². The smallest absolute Gasteiger partial charge is 0.160 e. The van der Waals surface area contributed by atoms with Gasteiger partial charge in [0.25, 0.3) is 0 Å². The Hall–Kier alpha value is -8.22. The fourth-order valence-electron chi connectivity index (χ4n) is 9.15. The van der Waals surface area contributed by atoms with Crippen LogP contribution in [0.5, 0.6) is 0 Å². The van der Waals surface area contributed by atoms with Crippen LogP contribution in [0, 0.1) is 11.8 Å². The van der Waals surface area contributed by atoms with Gasteiger partial charge in [0, 0.05) is 28.2 Å². The van der Waals surface area contributed by atoms with Crippen LogP contribution in [0.1, 0.15) is 47.1 Å². The zero-order valence-electron chi connectivity index (χ0n) is 36.0. The van der Waals surface area contributed by atoms with E-state index in [1.54, 1.807) is 0 Å². The van der Waals surface area contributed by atoms with Crippen molar-refractivity contribution in [1.29, 1.82) is 0 Å². The van der Waals surface area contributed by atoms with Crippen LogP contribution in [0.25, 0.3) is 44.2 Å². The molecule has 0 radical (unpaired) electrons. The molecular weight excluding hydrogens is 793 g/mol. The van der Waals surface area contributed by atoms with E-state index in [-0.39, 0.29) is 24.2 Å². The average Bonchev–Trinajstić information content (AvgIpc) is 3.39. The van der Waals surface area contributed by atoms with Gasteiger partial charge in [-0.2, -0.15) is 0 Å². The monoisotopic (exact) mass is 838 g/mol. The number of allylic oxidation sites excluding steroid dienone is 3. The molecule has 8 aromatic carbocycles. The van der Waals surface area contributed by atoms with Crippen molar-refractivity contribution in [3.05, 3.63) is 252 Å². The molecule has 0 saturated heterocycles. The van der Waals surface area contributed by atoms with Gasteiger partial charge in [0.1, 0.15) is 24.0 Å². The van der Waals surface area contributed by atoms with Crippen molar-refractivity contribution in [2.45, 2.75) is 19.3 Å². The minimum Gasteiger partial charge on any atom is -0.348 e. The van der Waals surface area contributed by atoms with Gasteiger partial charge < -0.3 is 10.6 Å². The maximum atomic E-state index is 5.38. The molecule has 4 unspecified atom stereocenters. The summed E-state index contributed by atoms with van der Waals surface area (Å²) in [4.78, 5) is 21.1. The van der Waals surface area contributed by atoms with Crippen molar-refractivity contribution in [2.24, 2.45) is 31.8 Å². The molecule has 3 aliphatic rings. The second-order valence-electron chi connectivity index (χ2n) is 16.7. The molecule has 11 rings (SSSR count). The fourth-order valence-corrected chi connectivity index (χ4v) is 9.15. The Morgan fingerprint density at radius 3 is 1.78 bits per heavy atom. The topological polar surface area (TPSA) is 73.5 Å². The summed E-state index contributed by atoms with van der Waals surface area (Å²) >= 11 is 0. The normalized spacial score (nSPS) is 19.0. The summed E-state index contributed by atoms with van der Waals surface area (Å²) in [6.07, 6.45) is 8.02. The molecule has 8 aromatic rings. The zero-order valence-corrected chi connectivity index (χ0v) is 36.0. The molecular formula is C59H46N6. The lowest BCUT2D eigenvalue weighted by molar-refractivity contribution is 0.580. The van der Waals surface area contributed by atoms with Crippen LogP contribution in [-0.4, -0.2) is 23.3 Å². The van der Waals surface area contributed by atoms with E-state index in [0.29, 0.717) is 5.84 Å². The number of amidine groups is 4. The molecule has 0 bridgehead atoms. The number of nitrogens with zero attached hydrogens (tertiary/aromatic N) is 4. The highest BCUT2D eigenvalue weighted by Crippen LogP contribution is 2.40. The van der Waals surface area contributed by atoms with E-state index in [1.807, 2.05) is 36.4 Å². The Balaban J connectivity index is 1.03. The van der Waals surface area contributed by atoms with Gasteiger partial charge in [-0.15, -0.1) is 0 Å². The average molecular weight is 839 g/mol. The van der Waals surface area contributed by atoms with Crippen molar-refractivity contribution in [2.75, 3.05) is 0 Å². The van der Waals surface area contributed by atoms with E-state index in [2.05, 4.69) is 206 Å². The van der Waals surface area contributed by atoms with Gasteiger partial charge in [-0.3, -0.25) is 0 Å². The molecule has 0 saturated carbocycles. The van der Waals surface area contributed by atoms with Crippen molar-refractivity contribution < 1.29 is 0 Å². The molecule has 0 amide bonds. The van der Waals surface area contributed by atoms with Gasteiger partial charge in [0.2, 0.25) is 0 Å². The standard InChI is InChI=1S/C59H46N6/c1-39-19-11-14-28-47(39)57-61-55(43-25-9-4-10-26-43)63-58(65-57)51-31-17-15-29-48(51)45-35-36-50(53(38-45)41-21-5-2-6-22-41)49-30-16-18-32-52(49)59-62-54(42-23-7-3-8-24-42)60-56(64-59)46-34-33-40-20-12-13-27-44(40)37-46/h2-39,47,56,58H,1H3,(H,60,62,64)(H,61,63,65). The van der Waals surface area contributed by atoms with Crippen LogP contribution >= 0.6 is 0 Å². The Bertz CT molecular complexity index is 3240. The number of aliphatic imine (C=N–C) groups is 4. The van der Waals surface area contributed by atoms with Crippen LogP contribution in [0.15, 0.2) is 244 Å². The third-order valence-electron chi connectivity index (χ3n) is 12.5. The number of rotatable bonds is 9. The maximum Gasteiger partial charge on any atom is 0.160 e. The lowest BCUT2D eigenvalue weighted by atomic mass is 9.87. The maximum absolute atomic E-state index is 5.38. The lowest BCUT2D eigenvalue weighted by Gasteiger charge is -2.30. The van der Waals surface area contributed by atoms with Gasteiger partial charge in [0.05, 0.1) is 0 Å². The van der Waals surface area contributed by atoms with Crippen LogP contribution in [0.4, 0.5) is 0 Å². The van der Waals surface area contributed by atoms with E-state index in [4.69, 9.17) is 20.0 Å². The van der Waals surface area contributed by atoms with E-state index in [0.717, 1.165) is 78.7 Å². The highest BCUT2D eigenvalue weighted by Gasteiger charge is 2.29. The van der Waals surface area contributed by atoms with E-state index >= 15 is 0 Å². The molecule has 2 aliphatic heterocycles. The van der Waals surface area contributed by atoms with Crippen molar-refractivity contribution in [1.82, 2.24) is 10.6 Å². The van der Waals surface area contributed by atoms with Crippen LogP contribution in [-0.2, 0) is 0 Å². The molecule has 6 nitrogen and oxygen atoms in total. The van der Waals surface area contributed by atoms with E-state index < -0.39 is 0 Å². The molecule has 0 aromatic heterocycles. The highest BCUT2D eigenvalue weighted by molar-refractivity contribution is 6.16. The first-order valence-corrected chi connectivity index (χ1v) is 22.3. The number of nitrogens with one attached hydrogen (secondary N) is 2. The highest BCUT2D eigenvalue weighted by atomic mass is 15.2. The van der Waals surface area contributed by atoms with Gasteiger partial charge in [-0.25, -0.2) is 20.0 Å². The lowest BCUT2D eigenvalue weighted by Crippen LogP contribution is -2.39. The molecule has 4 atom stereocenters. The molecule has 1 aliphatic carbocycles. The predicted molar refractivity (Wildman–Crippen MR) is 269 cm³/mol. The number of hydrogen-bond donors (Lipinski definition) is 2. The number of hydrogen-bond acceptors (Lipinski definition) is 6. The van der Waals surface area contributed by atoms with Crippen molar-refractivity contribution in [3.8, 4) is 33.4 Å². The molecule has 65 heavy (non-hydrogen) atoms. The molecule has 0 spiro atoms. The van der Waals surface area contributed by atoms with Crippen LogP contribution in [0.3, 0.4) is 0 Å². The van der Waals surface area contributed by atoms with Crippen LogP contribution < -0.4 is 10.6 Å². The second-order valence-corrected chi connectivity index (χ2v) is 16.7. The van der Waals surface area contributed by atoms with E-state index in [1.165, 1.54) is 10.8 Å². The zero-order chi connectivity index (χ0) is 43.5. The Labute approximate surface area is 379 Å². The summed E-state index contributed by atoms with van der Waals surface area (Å²) in [6, 6.07) is 70.3. The summed E-state index contributed by atoms with van der Waals surface area (Å²) in [5.41, 5.74) is 11.7. The Morgan fingerprint density at radius 1 is 0.400 bits per heavy atom. The van der Waals surface area contributed by atoms with Crippen molar-refractivity contribution >= 4 is 34.1 Å². The SMILES string of the molecule is CC1C=CC=CC1C1=NC(c2ccccc2)=NC(c2ccccc2-c2ccc(-c3ccccc3C3=NC(c4ccc5ccccc5c4)NC(c4ccccc4)=N3)c(-c3ccccc3)c2)N1. The molecule has 0 fully saturated rings. The summed E-state index contributed by atoms with van der Waals surface area (Å²) in [5, 5.41) is 9.84. The summed E-state index contributed by atoms with van der Waals surface area (Å²) in [5.74, 6) is 3.51. The van der Waals surface area contributed by atoms with Crippen LogP contribution in [0.2, 0.25) is 0 Å². The molecule has 312 valence electrons. The minimum absolute atomic E-state index is 0.105. The van der Waals surface area contributed by atoms with Crippen molar-refractivity contribution in [3.63, 3.8) is 0 Å². The molecule has 2 N–H and O–H groups in total. The largest absolute Gasteiger partial charge is 0.348 e. The summed E-state index contributed by atoms with van der Waals surface area (Å²) in [7, 11) is 0. The predicted octanol–water partition coefficient (Wildman–Crippen LogP) is 13.2. The van der Waals surface area contributed by atoms with Gasteiger partial charge in [0.15, 0.2) is 11.7 Å². The van der Waals surface area contributed by atoms with Gasteiger partial charge in [-0.05, 0) is 67.8 Å². The number of benzene rings is 8. The molecule has 2 heterocycles. The third-order valence-corrected chi connectivity index (χ3v) is 12.5. The minimum atomic E-state index is -0.355. The van der Waals surface area contributed by atoms with Gasteiger partial charge >= 0.3 is 0 Å². The van der Waals surface area contributed by atoms with E-state index in [9.17, 15) is 0 Å². The second kappa shape index (κ2) is 17.5.